The summed E-state index contributed by atoms with van der Waals surface area (Å²) in [6, 6.07) is 0. The minimum atomic E-state index is 0. The van der Waals surface area contributed by atoms with Crippen LogP contribution in [-0.4, -0.2) is 11.5 Å². The molecule has 0 aliphatic heterocycles. The first-order valence-electron chi connectivity index (χ1n) is 7.05. The Hall–Kier alpha value is 1.29. The van der Waals surface area contributed by atoms with E-state index in [1.54, 1.807) is 11.8 Å². The normalized spacial score (nSPS) is 10.1. The third kappa shape index (κ3) is 17.7. The molecule has 0 spiro atoms. The zero-order valence-corrected chi connectivity index (χ0v) is 18.0. The maximum atomic E-state index is 2.29. The standard InChI is InChI=1S/C14H30S.Hg/c1-3-5-7-9-11-13-15-14-12-10-8-6-4-2;/h3-14H2,1-2H3;/p+1. The van der Waals surface area contributed by atoms with Crippen LogP contribution in [0, 0.1) is 0 Å². The molecule has 0 saturated carbocycles. The summed E-state index contributed by atoms with van der Waals surface area (Å²) in [7, 11) is 0. The minimum absolute atomic E-state index is 0. The summed E-state index contributed by atoms with van der Waals surface area (Å²) in [5, 5.41) is 0. The van der Waals surface area contributed by atoms with E-state index in [1.807, 2.05) is 0 Å². The van der Waals surface area contributed by atoms with Crippen molar-refractivity contribution in [3.63, 3.8) is 0 Å². The summed E-state index contributed by atoms with van der Waals surface area (Å²) in [5.41, 5.74) is 0. The molecule has 2 heteroatoms. The van der Waals surface area contributed by atoms with Gasteiger partial charge in [-0.3, -0.25) is 0 Å². The van der Waals surface area contributed by atoms with E-state index in [0.29, 0.717) is 0 Å². The third-order valence-corrected chi connectivity index (χ3v) is 4.10. The molecular formula is C14H31HgS+. The van der Waals surface area contributed by atoms with Crippen LogP contribution in [0.1, 0.15) is 78.1 Å². The predicted molar refractivity (Wildman–Crippen MR) is 76.0 cm³/mol. The fraction of sp³-hybridized carbons (Fsp3) is 1.00. The molecule has 0 bridgehead atoms. The number of thiol groups is 1. The van der Waals surface area contributed by atoms with Gasteiger partial charge in [0.2, 0.25) is 0 Å². The molecule has 0 saturated heterocycles. The van der Waals surface area contributed by atoms with Crippen molar-refractivity contribution < 1.29 is 27.7 Å². The van der Waals surface area contributed by atoms with Gasteiger partial charge < -0.3 is 0 Å². The van der Waals surface area contributed by atoms with Gasteiger partial charge >= 0.3 is 0 Å². The van der Waals surface area contributed by atoms with E-state index in [9.17, 15) is 0 Å². The molecule has 0 N–H and O–H groups in total. The molecule has 0 aromatic heterocycles. The van der Waals surface area contributed by atoms with Crippen LogP contribution in [0.15, 0.2) is 0 Å². The van der Waals surface area contributed by atoms with Crippen molar-refractivity contribution in [1.29, 1.82) is 0 Å². The van der Waals surface area contributed by atoms with E-state index < -0.39 is 0 Å². The molecule has 0 rings (SSSR count). The average molecular weight is 432 g/mol. The number of hydrogen-bond acceptors (Lipinski definition) is 0. The summed E-state index contributed by atoms with van der Waals surface area (Å²) >= 11 is 1.71. The molecule has 0 aromatic carbocycles. The van der Waals surface area contributed by atoms with Crippen LogP contribution in [0.2, 0.25) is 0 Å². The zero-order valence-electron chi connectivity index (χ0n) is 11.6. The van der Waals surface area contributed by atoms with Crippen molar-refractivity contribution in [3.05, 3.63) is 0 Å². The average Bonchev–Trinajstić information content (AvgIpc) is 2.26. The molecule has 0 radical (unpaired) electrons. The molecule has 0 aliphatic rings. The molecule has 16 heavy (non-hydrogen) atoms. The molecule has 0 aromatic rings. The van der Waals surface area contributed by atoms with Crippen molar-refractivity contribution in [2.45, 2.75) is 78.1 Å². The maximum Gasteiger partial charge on any atom is 0.105 e. The van der Waals surface area contributed by atoms with Gasteiger partial charge in [-0.1, -0.05) is 52.4 Å². The molecule has 0 nitrogen and oxygen atoms in total. The second kappa shape index (κ2) is 18.6. The van der Waals surface area contributed by atoms with E-state index in [4.69, 9.17) is 0 Å². The van der Waals surface area contributed by atoms with Crippen LogP contribution in [0.3, 0.4) is 0 Å². The van der Waals surface area contributed by atoms with E-state index in [-0.39, 0.29) is 27.7 Å². The molecule has 0 unspecified atom stereocenters. The van der Waals surface area contributed by atoms with Crippen LogP contribution < -0.4 is 0 Å². The first-order valence-corrected chi connectivity index (χ1v) is 8.31. The molecule has 0 fully saturated rings. The van der Waals surface area contributed by atoms with Crippen molar-refractivity contribution >= 4 is 11.8 Å². The first-order chi connectivity index (χ1) is 7.41. The Labute approximate surface area is 128 Å². The topological polar surface area (TPSA) is 0 Å². The SMILES string of the molecule is CCCCCCC[SH+]CCCCCCC.[Hg]. The van der Waals surface area contributed by atoms with Gasteiger partial charge in [0.15, 0.2) is 0 Å². The summed E-state index contributed by atoms with van der Waals surface area (Å²) in [6.45, 7) is 4.57. The van der Waals surface area contributed by atoms with Crippen LogP contribution in [0.5, 0.6) is 0 Å². The van der Waals surface area contributed by atoms with E-state index in [2.05, 4.69) is 13.8 Å². The van der Waals surface area contributed by atoms with Crippen LogP contribution in [-0.2, 0) is 39.4 Å². The van der Waals surface area contributed by atoms with Crippen molar-refractivity contribution in [2.75, 3.05) is 11.5 Å². The minimum Gasteiger partial charge on any atom is -0.0654 e. The van der Waals surface area contributed by atoms with Crippen molar-refractivity contribution in [2.24, 2.45) is 0 Å². The Morgan fingerprint density at radius 2 is 0.938 bits per heavy atom. The summed E-state index contributed by atoms with van der Waals surface area (Å²) < 4.78 is 0. The Balaban J connectivity index is 0. The van der Waals surface area contributed by atoms with E-state index in [1.165, 1.54) is 75.7 Å². The van der Waals surface area contributed by atoms with Gasteiger partial charge in [-0.2, -0.15) is 0 Å². The maximum absolute atomic E-state index is 2.29. The van der Waals surface area contributed by atoms with Gasteiger partial charge in [0.05, 0.1) is 0 Å². The largest absolute Gasteiger partial charge is 0.105 e. The Kier molecular flexibility index (Phi) is 22.9. The molecule has 94 valence electrons. The molecule has 0 atom stereocenters. The van der Waals surface area contributed by atoms with Gasteiger partial charge in [0.25, 0.3) is 0 Å². The Morgan fingerprint density at radius 1 is 0.562 bits per heavy atom. The second-order valence-corrected chi connectivity index (χ2v) is 5.84. The molecule has 0 amide bonds. The second-order valence-electron chi connectivity index (χ2n) is 4.50. The Bertz CT molecular complexity index is 94.9. The third-order valence-electron chi connectivity index (χ3n) is 2.84. The van der Waals surface area contributed by atoms with Gasteiger partial charge in [0, 0.05) is 27.7 Å². The van der Waals surface area contributed by atoms with Gasteiger partial charge in [-0.15, -0.1) is 0 Å². The molecule has 0 heterocycles. The summed E-state index contributed by atoms with van der Waals surface area (Å²) in [4.78, 5) is 0. The number of unbranched alkanes of at least 4 members (excludes halogenated alkanes) is 8. The molecule has 0 aliphatic carbocycles. The number of rotatable bonds is 12. The fourth-order valence-corrected chi connectivity index (χ4v) is 2.88. The van der Waals surface area contributed by atoms with E-state index >= 15 is 0 Å². The zero-order chi connectivity index (χ0) is 11.2. The number of hydrogen-bond donors (Lipinski definition) is 0. The quantitative estimate of drug-likeness (QED) is 0.181. The van der Waals surface area contributed by atoms with Gasteiger partial charge in [-0.25, -0.2) is 0 Å². The van der Waals surface area contributed by atoms with Crippen molar-refractivity contribution in [3.8, 4) is 0 Å². The smallest absolute Gasteiger partial charge is 0.0654 e. The summed E-state index contributed by atoms with van der Waals surface area (Å²) in [6.07, 6.45) is 14.4. The first kappa shape index (κ1) is 19.6. The predicted octanol–water partition coefficient (Wildman–Crippen LogP) is 4.74. The molecular weight excluding hydrogens is 401 g/mol. The van der Waals surface area contributed by atoms with Crippen molar-refractivity contribution in [1.82, 2.24) is 0 Å². The van der Waals surface area contributed by atoms with Crippen LogP contribution in [0.25, 0.3) is 0 Å². The van der Waals surface area contributed by atoms with Gasteiger partial charge in [-0.05, 0) is 37.4 Å². The Morgan fingerprint density at radius 3 is 1.31 bits per heavy atom. The van der Waals surface area contributed by atoms with Crippen LogP contribution in [0.4, 0.5) is 0 Å². The van der Waals surface area contributed by atoms with E-state index in [0.717, 1.165) is 0 Å². The summed E-state index contributed by atoms with van der Waals surface area (Å²) in [5.74, 6) is 2.91. The monoisotopic (exact) mass is 433 g/mol. The van der Waals surface area contributed by atoms with Gasteiger partial charge in [0.1, 0.15) is 11.5 Å². The fourth-order valence-electron chi connectivity index (χ4n) is 1.77. The van der Waals surface area contributed by atoms with Crippen LogP contribution >= 0.6 is 0 Å².